The van der Waals surface area contributed by atoms with Crippen molar-refractivity contribution in [1.82, 2.24) is 14.8 Å². The Morgan fingerprint density at radius 1 is 1.08 bits per heavy atom. The van der Waals surface area contributed by atoms with Crippen LogP contribution in [0.1, 0.15) is 24.8 Å². The Balaban J connectivity index is 1.61. The molecular weight excluding hydrogens is 298 g/mol. The minimum Gasteiger partial charge on any atom is -0.355 e. The molecule has 0 atom stereocenters. The van der Waals surface area contributed by atoms with Crippen LogP contribution in [-0.4, -0.2) is 42.1 Å². The van der Waals surface area contributed by atoms with E-state index < -0.39 is 0 Å². The second-order valence-corrected chi connectivity index (χ2v) is 6.90. The first-order valence-electron chi connectivity index (χ1n) is 8.79. The first kappa shape index (κ1) is 16.8. The molecular formula is C20H27N3O. The van der Waals surface area contributed by atoms with Crippen molar-refractivity contribution in [1.29, 1.82) is 0 Å². The van der Waals surface area contributed by atoms with Gasteiger partial charge in [-0.25, -0.2) is 0 Å². The molecule has 4 nitrogen and oxygen atoms in total. The molecule has 1 N–H and O–H groups in total. The minimum absolute atomic E-state index is 0.0663. The summed E-state index contributed by atoms with van der Waals surface area (Å²) in [5, 5.41) is 3.20. The van der Waals surface area contributed by atoms with Gasteiger partial charge in [-0.2, -0.15) is 0 Å². The van der Waals surface area contributed by atoms with Crippen LogP contribution in [0.3, 0.4) is 0 Å². The van der Waals surface area contributed by atoms with Gasteiger partial charge in [-0.15, -0.1) is 0 Å². The molecule has 4 heteroatoms. The quantitative estimate of drug-likeness (QED) is 0.886. The topological polar surface area (TPSA) is 37.3 Å². The van der Waals surface area contributed by atoms with E-state index in [1.54, 1.807) is 0 Å². The summed E-state index contributed by atoms with van der Waals surface area (Å²) in [4.78, 5) is 14.7. The largest absolute Gasteiger partial charge is 0.355 e. The highest BCUT2D eigenvalue weighted by molar-refractivity contribution is 5.76. The fraction of sp³-hybridized carbons (Fsp3) is 0.450. The molecule has 2 heterocycles. The Morgan fingerprint density at radius 2 is 1.75 bits per heavy atom. The number of amides is 1. The third-order valence-corrected chi connectivity index (χ3v) is 5.22. The minimum atomic E-state index is 0.0663. The third kappa shape index (κ3) is 4.06. The van der Waals surface area contributed by atoms with Crippen LogP contribution < -0.4 is 5.32 Å². The molecule has 0 spiro atoms. The summed E-state index contributed by atoms with van der Waals surface area (Å²) in [6.45, 7) is 3.62. The molecule has 1 aliphatic rings. The van der Waals surface area contributed by atoms with Gasteiger partial charge >= 0.3 is 0 Å². The van der Waals surface area contributed by atoms with E-state index in [1.807, 2.05) is 29.1 Å². The summed E-state index contributed by atoms with van der Waals surface area (Å²) in [5.41, 5.74) is 1.42. The summed E-state index contributed by atoms with van der Waals surface area (Å²) in [6, 6.07) is 14.6. The van der Waals surface area contributed by atoms with Gasteiger partial charge in [0, 0.05) is 37.3 Å². The molecule has 0 bridgehead atoms. The highest BCUT2D eigenvalue weighted by Gasteiger charge is 2.35. The smallest absolute Gasteiger partial charge is 0.221 e. The molecule has 1 amide bonds. The van der Waals surface area contributed by atoms with Crippen LogP contribution in [-0.2, 0) is 16.8 Å². The molecule has 0 aliphatic carbocycles. The summed E-state index contributed by atoms with van der Waals surface area (Å²) < 4.78 is 2.04. The number of nitrogens with zero attached hydrogens (tertiary/aromatic N) is 2. The number of carbonyl (C=O) groups is 1. The number of nitrogens with one attached hydrogen (secondary N) is 1. The van der Waals surface area contributed by atoms with Crippen molar-refractivity contribution in [2.45, 2.75) is 31.2 Å². The van der Waals surface area contributed by atoms with E-state index in [0.29, 0.717) is 6.42 Å². The van der Waals surface area contributed by atoms with Crippen LogP contribution in [0.5, 0.6) is 0 Å². The average Bonchev–Trinajstić information content (AvgIpc) is 3.14. The van der Waals surface area contributed by atoms with Gasteiger partial charge in [0.2, 0.25) is 5.91 Å². The number of hydrogen-bond acceptors (Lipinski definition) is 2. The van der Waals surface area contributed by atoms with E-state index in [9.17, 15) is 4.79 Å². The maximum Gasteiger partial charge on any atom is 0.221 e. The number of likely N-dealkylation sites (tertiary alicyclic amines) is 1. The molecule has 1 saturated heterocycles. The van der Waals surface area contributed by atoms with E-state index in [1.165, 1.54) is 5.56 Å². The molecule has 128 valence electrons. The number of hydrogen-bond donors (Lipinski definition) is 1. The van der Waals surface area contributed by atoms with Crippen molar-refractivity contribution < 1.29 is 4.79 Å². The van der Waals surface area contributed by atoms with Gasteiger partial charge in [-0.05, 0) is 50.7 Å². The number of carbonyl (C=O) groups excluding carboxylic acids is 1. The predicted octanol–water partition coefficient (Wildman–Crippen LogP) is 2.66. The predicted molar refractivity (Wildman–Crippen MR) is 96.9 cm³/mol. The van der Waals surface area contributed by atoms with Gasteiger partial charge in [0.1, 0.15) is 0 Å². The van der Waals surface area contributed by atoms with E-state index >= 15 is 0 Å². The van der Waals surface area contributed by atoms with Gasteiger partial charge in [0.25, 0.3) is 0 Å². The second-order valence-electron chi connectivity index (χ2n) is 6.90. The standard InChI is InChI=1S/C20H27N3O/c1-22-15-10-20(11-16-22,18-7-3-2-4-8-18)17-21-19(24)9-14-23-12-5-6-13-23/h2-8,12-13H,9-11,14-17H2,1H3,(H,21,24). The van der Waals surface area contributed by atoms with Crippen LogP contribution in [0, 0.1) is 0 Å². The Morgan fingerprint density at radius 3 is 2.42 bits per heavy atom. The zero-order valence-electron chi connectivity index (χ0n) is 14.4. The summed E-state index contributed by atoms with van der Waals surface area (Å²) in [7, 11) is 2.17. The first-order chi connectivity index (χ1) is 11.7. The molecule has 2 aromatic rings. The molecule has 24 heavy (non-hydrogen) atoms. The Bertz CT molecular complexity index is 628. The van der Waals surface area contributed by atoms with Crippen LogP contribution in [0.2, 0.25) is 0 Å². The molecule has 0 unspecified atom stereocenters. The molecule has 1 fully saturated rings. The zero-order chi connectivity index (χ0) is 16.8. The van der Waals surface area contributed by atoms with E-state index in [4.69, 9.17) is 0 Å². The van der Waals surface area contributed by atoms with Crippen molar-refractivity contribution in [2.75, 3.05) is 26.7 Å². The number of aromatic nitrogens is 1. The van der Waals surface area contributed by atoms with Gasteiger partial charge in [0.05, 0.1) is 0 Å². The van der Waals surface area contributed by atoms with E-state index in [-0.39, 0.29) is 11.3 Å². The highest BCUT2D eigenvalue weighted by atomic mass is 16.1. The van der Waals surface area contributed by atoms with Crippen molar-refractivity contribution in [3.63, 3.8) is 0 Å². The van der Waals surface area contributed by atoms with Crippen molar-refractivity contribution in [3.8, 4) is 0 Å². The zero-order valence-corrected chi connectivity index (χ0v) is 14.4. The monoisotopic (exact) mass is 325 g/mol. The van der Waals surface area contributed by atoms with Gasteiger partial charge in [-0.3, -0.25) is 4.79 Å². The first-order valence-corrected chi connectivity index (χ1v) is 8.79. The van der Waals surface area contributed by atoms with Crippen LogP contribution in [0.15, 0.2) is 54.9 Å². The normalized spacial score (nSPS) is 17.5. The van der Waals surface area contributed by atoms with Crippen LogP contribution >= 0.6 is 0 Å². The summed E-state index contributed by atoms with van der Waals surface area (Å²) in [5.74, 6) is 0.137. The van der Waals surface area contributed by atoms with Crippen molar-refractivity contribution >= 4 is 5.91 Å². The maximum atomic E-state index is 12.3. The molecule has 0 saturated carbocycles. The number of piperidine rings is 1. The lowest BCUT2D eigenvalue weighted by Crippen LogP contribution is -2.48. The lowest BCUT2D eigenvalue weighted by molar-refractivity contribution is -0.121. The van der Waals surface area contributed by atoms with E-state index in [2.05, 4.69) is 47.6 Å². The second kappa shape index (κ2) is 7.67. The SMILES string of the molecule is CN1CCC(CNC(=O)CCn2cccc2)(c2ccccc2)CC1. The van der Waals surface area contributed by atoms with E-state index in [0.717, 1.165) is 39.0 Å². The van der Waals surface area contributed by atoms with Gasteiger partial charge in [-0.1, -0.05) is 30.3 Å². The van der Waals surface area contributed by atoms with Gasteiger partial charge < -0.3 is 14.8 Å². The third-order valence-electron chi connectivity index (χ3n) is 5.22. The number of aryl methyl sites for hydroxylation is 1. The Hall–Kier alpha value is -2.07. The van der Waals surface area contributed by atoms with Crippen molar-refractivity contribution in [3.05, 3.63) is 60.4 Å². The fourth-order valence-corrected chi connectivity index (χ4v) is 3.51. The average molecular weight is 325 g/mol. The molecule has 1 aliphatic heterocycles. The molecule has 1 aromatic carbocycles. The van der Waals surface area contributed by atoms with Crippen LogP contribution in [0.4, 0.5) is 0 Å². The molecule has 1 aromatic heterocycles. The maximum absolute atomic E-state index is 12.3. The number of benzene rings is 1. The fourth-order valence-electron chi connectivity index (χ4n) is 3.51. The van der Waals surface area contributed by atoms with Crippen molar-refractivity contribution in [2.24, 2.45) is 0 Å². The summed E-state index contributed by atoms with van der Waals surface area (Å²) in [6.07, 6.45) is 6.70. The Kier molecular flexibility index (Phi) is 5.36. The van der Waals surface area contributed by atoms with Crippen LogP contribution in [0.25, 0.3) is 0 Å². The number of rotatable bonds is 6. The summed E-state index contributed by atoms with van der Waals surface area (Å²) >= 11 is 0. The Labute approximate surface area is 144 Å². The highest BCUT2D eigenvalue weighted by Crippen LogP contribution is 2.34. The lowest BCUT2D eigenvalue weighted by atomic mass is 9.72. The molecule has 3 rings (SSSR count). The lowest BCUT2D eigenvalue weighted by Gasteiger charge is -2.41. The molecule has 0 radical (unpaired) electrons. The van der Waals surface area contributed by atoms with Gasteiger partial charge in [0.15, 0.2) is 0 Å².